The van der Waals surface area contributed by atoms with Crippen LogP contribution in [0.3, 0.4) is 0 Å². The van der Waals surface area contributed by atoms with Gasteiger partial charge in [0.05, 0.1) is 6.61 Å². The Morgan fingerprint density at radius 3 is 1.72 bits per heavy atom. The van der Waals surface area contributed by atoms with E-state index < -0.39 is 0 Å². The van der Waals surface area contributed by atoms with Crippen LogP contribution < -0.4 is 0 Å². The third-order valence-electron chi connectivity index (χ3n) is 4.31. The topological polar surface area (TPSA) is 43.4 Å². The van der Waals surface area contributed by atoms with Crippen LogP contribution in [-0.2, 0) is 14.3 Å². The second kappa shape index (κ2) is 19.2. The molecule has 0 aliphatic carbocycles. The summed E-state index contributed by atoms with van der Waals surface area (Å²) in [5, 5.41) is 0. The van der Waals surface area contributed by atoms with Gasteiger partial charge in [0, 0.05) is 0 Å². The summed E-state index contributed by atoms with van der Waals surface area (Å²) in [4.78, 5) is 21.9. The normalized spacial score (nSPS) is 11.1. The van der Waals surface area contributed by atoms with Gasteiger partial charge in [0.1, 0.15) is 12.2 Å². The number of ether oxygens (including phenoxy) is 1. The number of hydrogen-bond donors (Lipinski definition) is 0. The van der Waals surface area contributed by atoms with E-state index >= 15 is 0 Å². The summed E-state index contributed by atoms with van der Waals surface area (Å²) >= 11 is 0. The first kappa shape index (κ1) is 23.9. The van der Waals surface area contributed by atoms with Crippen molar-refractivity contribution in [1.82, 2.24) is 0 Å². The minimum absolute atomic E-state index is 0.0909. The maximum Gasteiger partial charge on any atom is 0.313 e. The molecule has 0 saturated carbocycles. The number of esters is 1. The molecular weight excluding hydrogens is 312 g/mol. The molecule has 0 aliphatic heterocycles. The van der Waals surface area contributed by atoms with E-state index in [1.807, 2.05) is 0 Å². The van der Waals surface area contributed by atoms with Crippen LogP contribution in [0.5, 0.6) is 0 Å². The molecule has 0 N–H and O–H groups in total. The van der Waals surface area contributed by atoms with Gasteiger partial charge in [-0.05, 0) is 39.0 Å². The first-order valence-corrected chi connectivity index (χ1v) is 10.5. The molecule has 25 heavy (non-hydrogen) atoms. The Labute approximate surface area is 155 Å². The molecule has 0 bridgehead atoms. The van der Waals surface area contributed by atoms with E-state index in [1.165, 1.54) is 84.0 Å². The maximum absolute atomic E-state index is 11.2. The number of unbranched alkanes of at least 4 members (excludes halogenated alkanes) is 12. The molecule has 0 aromatic rings. The highest BCUT2D eigenvalue weighted by Gasteiger charge is 2.05. The molecule has 0 radical (unpaired) electrons. The predicted octanol–water partition coefficient (Wildman–Crippen LogP) is 6.55. The molecule has 0 fully saturated rings. The number of carbonyl (C=O) groups is 2. The second-order valence-corrected chi connectivity index (χ2v) is 7.04. The van der Waals surface area contributed by atoms with Gasteiger partial charge in [-0.1, -0.05) is 76.9 Å². The summed E-state index contributed by atoms with van der Waals surface area (Å²) in [6.45, 7) is 4.12. The number of hydrogen-bond acceptors (Lipinski definition) is 3. The van der Waals surface area contributed by atoms with Crippen molar-refractivity contribution >= 4 is 11.8 Å². The van der Waals surface area contributed by atoms with Crippen LogP contribution in [0, 0.1) is 0 Å². The molecule has 0 spiro atoms. The van der Waals surface area contributed by atoms with Gasteiger partial charge in [-0.15, -0.1) is 0 Å². The third-order valence-corrected chi connectivity index (χ3v) is 4.31. The van der Waals surface area contributed by atoms with E-state index in [2.05, 4.69) is 19.1 Å². The van der Waals surface area contributed by atoms with Gasteiger partial charge in [0.2, 0.25) is 0 Å². The molecule has 0 amide bonds. The second-order valence-electron chi connectivity index (χ2n) is 7.04. The minimum Gasteiger partial charge on any atom is -0.465 e. The van der Waals surface area contributed by atoms with E-state index in [0.29, 0.717) is 6.61 Å². The minimum atomic E-state index is -0.389. The molecule has 0 aromatic heterocycles. The highest BCUT2D eigenvalue weighted by Crippen LogP contribution is 2.10. The number of ketones is 1. The fourth-order valence-electron chi connectivity index (χ4n) is 2.79. The number of rotatable bonds is 18. The zero-order valence-corrected chi connectivity index (χ0v) is 16.7. The maximum atomic E-state index is 11.2. The van der Waals surface area contributed by atoms with Crippen molar-refractivity contribution in [2.75, 3.05) is 6.61 Å². The lowest BCUT2D eigenvalue weighted by Gasteiger charge is -2.03. The molecule has 0 unspecified atom stereocenters. The van der Waals surface area contributed by atoms with E-state index in [9.17, 15) is 9.59 Å². The van der Waals surface area contributed by atoms with Gasteiger partial charge < -0.3 is 4.74 Å². The van der Waals surface area contributed by atoms with Crippen LogP contribution in [0.15, 0.2) is 12.2 Å². The largest absolute Gasteiger partial charge is 0.465 e. The van der Waals surface area contributed by atoms with Crippen LogP contribution in [0.4, 0.5) is 0 Å². The molecule has 0 aromatic carbocycles. The Morgan fingerprint density at radius 2 is 1.20 bits per heavy atom. The SMILES string of the molecule is CCCCCCCCC=CCCCCCCCCOC(=O)CC(C)=O. The zero-order chi connectivity index (χ0) is 18.6. The van der Waals surface area contributed by atoms with Crippen LogP contribution >= 0.6 is 0 Å². The van der Waals surface area contributed by atoms with E-state index in [-0.39, 0.29) is 18.2 Å². The van der Waals surface area contributed by atoms with Crippen LogP contribution in [0.25, 0.3) is 0 Å². The lowest BCUT2D eigenvalue weighted by Crippen LogP contribution is -2.09. The van der Waals surface area contributed by atoms with Crippen molar-refractivity contribution in [3.63, 3.8) is 0 Å². The van der Waals surface area contributed by atoms with E-state index in [1.54, 1.807) is 0 Å². The van der Waals surface area contributed by atoms with Gasteiger partial charge in [-0.2, -0.15) is 0 Å². The fraction of sp³-hybridized carbons (Fsp3) is 0.818. The molecule has 0 rings (SSSR count). The van der Waals surface area contributed by atoms with Gasteiger partial charge in [0.15, 0.2) is 0 Å². The summed E-state index contributed by atoms with van der Waals surface area (Å²) in [5.41, 5.74) is 0. The van der Waals surface area contributed by atoms with Crippen LogP contribution in [0.2, 0.25) is 0 Å². The Morgan fingerprint density at radius 1 is 0.720 bits per heavy atom. The van der Waals surface area contributed by atoms with Gasteiger partial charge >= 0.3 is 5.97 Å². The first-order chi connectivity index (χ1) is 12.2. The first-order valence-electron chi connectivity index (χ1n) is 10.5. The summed E-state index contributed by atoms with van der Waals surface area (Å²) in [5.74, 6) is -0.522. The molecular formula is C22H40O3. The van der Waals surface area contributed by atoms with Crippen molar-refractivity contribution in [1.29, 1.82) is 0 Å². The molecule has 0 atom stereocenters. The fourth-order valence-corrected chi connectivity index (χ4v) is 2.79. The van der Waals surface area contributed by atoms with Crippen molar-refractivity contribution in [2.24, 2.45) is 0 Å². The molecule has 146 valence electrons. The molecule has 0 aliphatic rings. The Balaban J connectivity index is 3.17. The van der Waals surface area contributed by atoms with Crippen LogP contribution in [-0.4, -0.2) is 18.4 Å². The number of carbonyl (C=O) groups excluding carboxylic acids is 2. The monoisotopic (exact) mass is 352 g/mol. The smallest absolute Gasteiger partial charge is 0.313 e. The van der Waals surface area contributed by atoms with E-state index in [0.717, 1.165) is 12.8 Å². The molecule has 0 heterocycles. The highest BCUT2D eigenvalue weighted by molar-refractivity contribution is 5.94. The van der Waals surface area contributed by atoms with Crippen molar-refractivity contribution in [2.45, 2.75) is 110 Å². The van der Waals surface area contributed by atoms with Gasteiger partial charge in [0.25, 0.3) is 0 Å². The average Bonchev–Trinajstić information content (AvgIpc) is 2.57. The van der Waals surface area contributed by atoms with Crippen molar-refractivity contribution < 1.29 is 14.3 Å². The number of allylic oxidation sites excluding steroid dienone is 2. The van der Waals surface area contributed by atoms with Crippen molar-refractivity contribution in [3.8, 4) is 0 Å². The summed E-state index contributed by atoms with van der Waals surface area (Å²) in [6.07, 6.45) is 22.3. The predicted molar refractivity (Wildman–Crippen MR) is 106 cm³/mol. The third kappa shape index (κ3) is 20.8. The highest BCUT2D eigenvalue weighted by atomic mass is 16.5. The van der Waals surface area contributed by atoms with Crippen molar-refractivity contribution in [3.05, 3.63) is 12.2 Å². The Hall–Kier alpha value is -1.12. The summed E-state index contributed by atoms with van der Waals surface area (Å²) < 4.78 is 5.00. The lowest BCUT2D eigenvalue weighted by atomic mass is 10.1. The standard InChI is InChI=1S/C22H40O3/c1-3-4-5-6-7-8-9-10-11-12-13-14-15-16-17-18-19-25-22(24)20-21(2)23/h10-11H,3-9,12-20H2,1-2H3. The zero-order valence-electron chi connectivity index (χ0n) is 16.7. The van der Waals surface area contributed by atoms with Gasteiger partial charge in [-0.25, -0.2) is 0 Å². The molecule has 0 saturated heterocycles. The number of Topliss-reactive ketones (excluding diaryl/α,β-unsaturated/α-hetero) is 1. The van der Waals surface area contributed by atoms with Gasteiger partial charge in [-0.3, -0.25) is 9.59 Å². The Bertz CT molecular complexity index is 347. The summed E-state index contributed by atoms with van der Waals surface area (Å²) in [6, 6.07) is 0. The molecule has 3 heteroatoms. The quantitative estimate of drug-likeness (QED) is 0.122. The lowest BCUT2D eigenvalue weighted by molar-refractivity contribution is -0.145. The van der Waals surface area contributed by atoms with E-state index in [4.69, 9.17) is 4.74 Å². The Kier molecular flexibility index (Phi) is 18.3. The summed E-state index contributed by atoms with van der Waals surface area (Å²) in [7, 11) is 0. The van der Waals surface area contributed by atoms with Crippen LogP contribution in [0.1, 0.15) is 110 Å². The molecule has 3 nitrogen and oxygen atoms in total. The average molecular weight is 353 g/mol.